The Balaban J connectivity index is 1.82. The molecular formula is C14H17N3OS. The van der Waals surface area contributed by atoms with Gasteiger partial charge >= 0.3 is 0 Å². The second kappa shape index (κ2) is 6.45. The largest absolute Gasteiger partial charge is 0.320 e. The van der Waals surface area contributed by atoms with Crippen molar-refractivity contribution in [1.29, 1.82) is 0 Å². The van der Waals surface area contributed by atoms with Crippen molar-refractivity contribution >= 4 is 22.4 Å². The third kappa shape index (κ3) is 4.15. The van der Waals surface area contributed by atoms with Gasteiger partial charge in [-0.2, -0.15) is 0 Å². The number of thiazole rings is 1. The highest BCUT2D eigenvalue weighted by molar-refractivity contribution is 7.15. The number of hydrogen-bond donors (Lipinski definition) is 2. The molecule has 0 fully saturated rings. The number of benzene rings is 1. The fraction of sp³-hybridized carbons (Fsp3) is 0.286. The molecule has 100 valence electrons. The molecular weight excluding hydrogens is 258 g/mol. The van der Waals surface area contributed by atoms with Crippen LogP contribution >= 0.6 is 11.3 Å². The topological polar surface area (TPSA) is 68.0 Å². The minimum atomic E-state index is -0.510. The molecule has 19 heavy (non-hydrogen) atoms. The van der Waals surface area contributed by atoms with E-state index in [0.717, 1.165) is 11.3 Å². The van der Waals surface area contributed by atoms with Crippen molar-refractivity contribution in [2.24, 2.45) is 5.73 Å². The molecule has 4 nitrogen and oxygen atoms in total. The van der Waals surface area contributed by atoms with Gasteiger partial charge in [-0.1, -0.05) is 30.3 Å². The van der Waals surface area contributed by atoms with Crippen LogP contribution in [0.5, 0.6) is 0 Å². The number of nitrogens with two attached hydrogens (primary N) is 1. The first kappa shape index (κ1) is 13.7. The van der Waals surface area contributed by atoms with Gasteiger partial charge in [0, 0.05) is 11.1 Å². The fourth-order valence-electron chi connectivity index (χ4n) is 1.71. The third-order valence-corrected chi connectivity index (χ3v) is 3.60. The number of hydrogen-bond acceptors (Lipinski definition) is 4. The number of aryl methyl sites for hydroxylation is 2. The number of amides is 1. The lowest BCUT2D eigenvalue weighted by molar-refractivity contribution is -0.117. The van der Waals surface area contributed by atoms with E-state index in [1.165, 1.54) is 16.9 Å². The van der Waals surface area contributed by atoms with Gasteiger partial charge in [0.1, 0.15) is 0 Å². The Kier molecular flexibility index (Phi) is 4.65. The van der Waals surface area contributed by atoms with E-state index in [4.69, 9.17) is 5.73 Å². The molecule has 0 bridgehead atoms. The van der Waals surface area contributed by atoms with Gasteiger partial charge in [0.2, 0.25) is 5.91 Å². The smallest absolute Gasteiger partial charge is 0.243 e. The van der Waals surface area contributed by atoms with E-state index in [1.807, 2.05) is 37.3 Å². The predicted octanol–water partition coefficient (Wildman–Crippen LogP) is 2.35. The van der Waals surface area contributed by atoms with E-state index in [1.54, 1.807) is 6.20 Å². The summed E-state index contributed by atoms with van der Waals surface area (Å²) in [7, 11) is 0. The van der Waals surface area contributed by atoms with Crippen LogP contribution in [0.15, 0.2) is 36.5 Å². The van der Waals surface area contributed by atoms with E-state index in [9.17, 15) is 4.79 Å². The highest BCUT2D eigenvalue weighted by atomic mass is 32.1. The molecule has 0 aliphatic rings. The number of rotatable bonds is 5. The lowest BCUT2D eigenvalue weighted by Gasteiger charge is -2.10. The number of nitrogens with zero attached hydrogens (tertiary/aromatic N) is 1. The molecule has 0 spiro atoms. The van der Waals surface area contributed by atoms with Crippen molar-refractivity contribution in [2.45, 2.75) is 25.8 Å². The zero-order valence-corrected chi connectivity index (χ0v) is 11.6. The Morgan fingerprint density at radius 3 is 2.79 bits per heavy atom. The van der Waals surface area contributed by atoms with Crippen LogP contribution in [0.1, 0.15) is 16.9 Å². The molecule has 0 unspecified atom stereocenters. The van der Waals surface area contributed by atoms with E-state index in [0.29, 0.717) is 11.6 Å². The maximum atomic E-state index is 11.9. The summed E-state index contributed by atoms with van der Waals surface area (Å²) in [6.07, 6.45) is 3.16. The average Bonchev–Trinajstić information content (AvgIpc) is 2.82. The summed E-state index contributed by atoms with van der Waals surface area (Å²) in [5.41, 5.74) is 7.08. The number of anilines is 1. The van der Waals surface area contributed by atoms with Gasteiger partial charge in [-0.05, 0) is 25.3 Å². The van der Waals surface area contributed by atoms with Gasteiger partial charge < -0.3 is 11.1 Å². The predicted molar refractivity (Wildman–Crippen MR) is 78.2 cm³/mol. The number of aromatic nitrogens is 1. The number of carbonyl (C=O) groups excluding carboxylic acids is 1. The van der Waals surface area contributed by atoms with Gasteiger partial charge in [0.05, 0.1) is 6.04 Å². The molecule has 0 saturated carbocycles. The maximum absolute atomic E-state index is 11.9. The van der Waals surface area contributed by atoms with Crippen LogP contribution < -0.4 is 11.1 Å². The zero-order valence-electron chi connectivity index (χ0n) is 10.8. The van der Waals surface area contributed by atoms with Crippen molar-refractivity contribution < 1.29 is 4.79 Å². The summed E-state index contributed by atoms with van der Waals surface area (Å²) in [6, 6.07) is 9.51. The highest BCUT2D eigenvalue weighted by Crippen LogP contribution is 2.16. The molecule has 0 saturated heterocycles. The van der Waals surface area contributed by atoms with Crippen molar-refractivity contribution in [3.05, 3.63) is 47.0 Å². The molecule has 2 aromatic rings. The third-order valence-electron chi connectivity index (χ3n) is 2.78. The zero-order chi connectivity index (χ0) is 13.7. The quantitative estimate of drug-likeness (QED) is 0.880. The Labute approximate surface area is 116 Å². The lowest BCUT2D eigenvalue weighted by atomic mass is 10.1. The molecule has 1 amide bonds. The second-order valence-corrected chi connectivity index (χ2v) is 5.63. The van der Waals surface area contributed by atoms with Crippen LogP contribution in [-0.4, -0.2) is 16.9 Å². The van der Waals surface area contributed by atoms with Crippen LogP contribution in [0.2, 0.25) is 0 Å². The maximum Gasteiger partial charge on any atom is 0.243 e. The highest BCUT2D eigenvalue weighted by Gasteiger charge is 2.14. The summed E-state index contributed by atoms with van der Waals surface area (Å²) < 4.78 is 0. The molecule has 1 aromatic carbocycles. The van der Waals surface area contributed by atoms with Crippen LogP contribution in [0, 0.1) is 6.92 Å². The molecule has 0 aliphatic heterocycles. The SMILES string of the molecule is Cc1cnc(NC(=O)[C@@H](N)CCc2ccccc2)s1. The Morgan fingerprint density at radius 1 is 1.42 bits per heavy atom. The molecule has 5 heteroatoms. The Morgan fingerprint density at radius 2 is 2.16 bits per heavy atom. The van der Waals surface area contributed by atoms with Crippen LogP contribution in [0.4, 0.5) is 5.13 Å². The average molecular weight is 275 g/mol. The van der Waals surface area contributed by atoms with Gasteiger partial charge in [-0.3, -0.25) is 4.79 Å². The standard InChI is InChI=1S/C14H17N3OS/c1-10-9-16-14(19-10)17-13(18)12(15)8-7-11-5-3-2-4-6-11/h2-6,9,12H,7-8,15H2,1H3,(H,16,17,18)/t12-/m0/s1. The molecule has 3 N–H and O–H groups in total. The van der Waals surface area contributed by atoms with Crippen LogP contribution in [0.3, 0.4) is 0 Å². The first-order valence-corrected chi connectivity index (χ1v) is 6.99. The van der Waals surface area contributed by atoms with Crippen molar-refractivity contribution in [1.82, 2.24) is 4.98 Å². The monoisotopic (exact) mass is 275 g/mol. The first-order chi connectivity index (χ1) is 9.15. The van der Waals surface area contributed by atoms with Gasteiger partial charge in [0.15, 0.2) is 5.13 Å². The van der Waals surface area contributed by atoms with Crippen molar-refractivity contribution in [3.63, 3.8) is 0 Å². The Bertz CT molecular complexity index is 539. The van der Waals surface area contributed by atoms with Crippen LogP contribution in [-0.2, 0) is 11.2 Å². The number of nitrogens with one attached hydrogen (secondary N) is 1. The summed E-state index contributed by atoms with van der Waals surface area (Å²) in [4.78, 5) is 17.0. The van der Waals surface area contributed by atoms with E-state index < -0.39 is 6.04 Å². The van der Waals surface area contributed by atoms with Crippen molar-refractivity contribution in [2.75, 3.05) is 5.32 Å². The summed E-state index contributed by atoms with van der Waals surface area (Å²) in [5.74, 6) is -0.176. The summed E-state index contributed by atoms with van der Waals surface area (Å²) >= 11 is 1.45. The van der Waals surface area contributed by atoms with Crippen LogP contribution in [0.25, 0.3) is 0 Å². The first-order valence-electron chi connectivity index (χ1n) is 6.18. The molecule has 1 heterocycles. The number of carbonyl (C=O) groups is 1. The normalized spacial score (nSPS) is 12.1. The molecule has 0 radical (unpaired) electrons. The second-order valence-electron chi connectivity index (χ2n) is 4.40. The van der Waals surface area contributed by atoms with Gasteiger partial charge in [-0.15, -0.1) is 11.3 Å². The summed E-state index contributed by atoms with van der Waals surface area (Å²) in [6.45, 7) is 1.95. The Hall–Kier alpha value is -1.72. The molecule has 1 aromatic heterocycles. The lowest BCUT2D eigenvalue weighted by Crippen LogP contribution is -2.35. The minimum Gasteiger partial charge on any atom is -0.320 e. The minimum absolute atomic E-state index is 0.176. The van der Waals surface area contributed by atoms with E-state index >= 15 is 0 Å². The molecule has 1 atom stereocenters. The fourth-order valence-corrected chi connectivity index (χ4v) is 2.38. The van der Waals surface area contributed by atoms with Crippen molar-refractivity contribution in [3.8, 4) is 0 Å². The van der Waals surface area contributed by atoms with E-state index in [2.05, 4.69) is 10.3 Å². The van der Waals surface area contributed by atoms with E-state index in [-0.39, 0.29) is 5.91 Å². The summed E-state index contributed by atoms with van der Waals surface area (Å²) in [5, 5.41) is 3.35. The van der Waals surface area contributed by atoms with Gasteiger partial charge in [-0.25, -0.2) is 4.98 Å². The van der Waals surface area contributed by atoms with Gasteiger partial charge in [0.25, 0.3) is 0 Å². The molecule has 0 aliphatic carbocycles. The molecule has 2 rings (SSSR count).